The van der Waals surface area contributed by atoms with Crippen LogP contribution in [0.2, 0.25) is 0 Å². The third kappa shape index (κ3) is 3.01. The summed E-state index contributed by atoms with van der Waals surface area (Å²) in [5, 5.41) is 3.26. The van der Waals surface area contributed by atoms with E-state index in [4.69, 9.17) is 5.73 Å². The highest BCUT2D eigenvalue weighted by molar-refractivity contribution is 5.79. The van der Waals surface area contributed by atoms with Crippen LogP contribution in [0.1, 0.15) is 52.4 Å². The molecule has 0 heterocycles. The highest BCUT2D eigenvalue weighted by atomic mass is 16.2. The van der Waals surface area contributed by atoms with Crippen molar-refractivity contribution in [1.29, 1.82) is 0 Å². The molecule has 0 aromatic rings. The monoisotopic (exact) mass is 238 g/mol. The molecule has 2 aliphatic carbocycles. The third-order valence-corrected chi connectivity index (χ3v) is 4.59. The lowest BCUT2D eigenvalue weighted by molar-refractivity contribution is -0.129. The smallest absolute Gasteiger partial charge is 0.223 e. The second-order valence-corrected chi connectivity index (χ2v) is 6.37. The van der Waals surface area contributed by atoms with Crippen LogP contribution in [0, 0.1) is 17.8 Å². The van der Waals surface area contributed by atoms with Crippen LogP contribution < -0.4 is 11.1 Å². The van der Waals surface area contributed by atoms with Crippen LogP contribution in [0.5, 0.6) is 0 Å². The summed E-state index contributed by atoms with van der Waals surface area (Å²) in [5.74, 6) is 1.49. The Morgan fingerprint density at radius 3 is 2.47 bits per heavy atom. The van der Waals surface area contributed by atoms with E-state index in [1.165, 1.54) is 25.7 Å². The fourth-order valence-electron chi connectivity index (χ4n) is 3.15. The molecule has 17 heavy (non-hydrogen) atoms. The minimum Gasteiger partial charge on any atom is -0.351 e. The lowest BCUT2D eigenvalue weighted by atomic mass is 9.78. The largest absolute Gasteiger partial charge is 0.351 e. The molecule has 0 saturated heterocycles. The second-order valence-electron chi connectivity index (χ2n) is 6.37. The van der Waals surface area contributed by atoms with E-state index in [2.05, 4.69) is 19.2 Å². The standard InChI is InChI=1S/C14H26N2O/c1-14(2,11-7-8-11)16-13(17)12-6-4-3-5-10(12)9-15/h10-12H,3-9,15H2,1-2H3,(H,16,17). The summed E-state index contributed by atoms with van der Waals surface area (Å²) in [5.41, 5.74) is 5.77. The van der Waals surface area contributed by atoms with Crippen molar-refractivity contribution in [2.24, 2.45) is 23.5 Å². The molecular weight excluding hydrogens is 212 g/mol. The van der Waals surface area contributed by atoms with Gasteiger partial charge in [0.1, 0.15) is 0 Å². The molecule has 0 bridgehead atoms. The molecule has 0 radical (unpaired) electrons. The first kappa shape index (κ1) is 12.9. The summed E-state index contributed by atoms with van der Waals surface area (Å²) in [6, 6.07) is 0. The first-order chi connectivity index (χ1) is 8.04. The van der Waals surface area contributed by atoms with Crippen molar-refractivity contribution in [2.45, 2.75) is 57.9 Å². The Hall–Kier alpha value is -0.570. The van der Waals surface area contributed by atoms with E-state index in [1.807, 2.05) is 0 Å². The first-order valence-electron chi connectivity index (χ1n) is 7.06. The predicted molar refractivity (Wildman–Crippen MR) is 69.4 cm³/mol. The number of carbonyl (C=O) groups is 1. The molecule has 1 amide bonds. The van der Waals surface area contributed by atoms with Gasteiger partial charge in [-0.05, 0) is 57.9 Å². The van der Waals surface area contributed by atoms with Crippen molar-refractivity contribution in [3.8, 4) is 0 Å². The summed E-state index contributed by atoms with van der Waals surface area (Å²) >= 11 is 0. The Labute approximate surface area is 105 Å². The van der Waals surface area contributed by atoms with Crippen LogP contribution in [0.3, 0.4) is 0 Å². The van der Waals surface area contributed by atoms with Gasteiger partial charge >= 0.3 is 0 Å². The summed E-state index contributed by atoms with van der Waals surface area (Å²) in [7, 11) is 0. The molecule has 0 aliphatic heterocycles. The van der Waals surface area contributed by atoms with E-state index in [0.717, 1.165) is 12.8 Å². The average molecular weight is 238 g/mol. The molecular formula is C14H26N2O. The summed E-state index contributed by atoms with van der Waals surface area (Å²) < 4.78 is 0. The molecule has 2 atom stereocenters. The maximum atomic E-state index is 12.3. The number of hydrogen-bond donors (Lipinski definition) is 2. The fraction of sp³-hybridized carbons (Fsp3) is 0.929. The van der Waals surface area contributed by atoms with E-state index >= 15 is 0 Å². The van der Waals surface area contributed by atoms with Crippen molar-refractivity contribution in [1.82, 2.24) is 5.32 Å². The normalized spacial score (nSPS) is 30.1. The van der Waals surface area contributed by atoms with Crippen molar-refractivity contribution in [3.63, 3.8) is 0 Å². The molecule has 98 valence electrons. The maximum Gasteiger partial charge on any atom is 0.223 e. The number of rotatable bonds is 4. The van der Waals surface area contributed by atoms with Crippen molar-refractivity contribution in [3.05, 3.63) is 0 Å². The minimum absolute atomic E-state index is 0.0202. The van der Waals surface area contributed by atoms with Gasteiger partial charge in [-0.2, -0.15) is 0 Å². The molecule has 2 unspecified atom stereocenters. The van der Waals surface area contributed by atoms with Gasteiger partial charge in [0.25, 0.3) is 0 Å². The average Bonchev–Trinajstić information content (AvgIpc) is 3.12. The summed E-state index contributed by atoms with van der Waals surface area (Å²) in [6.45, 7) is 4.97. The molecule has 0 aromatic heterocycles. The van der Waals surface area contributed by atoms with Crippen molar-refractivity contribution < 1.29 is 4.79 Å². The lowest BCUT2D eigenvalue weighted by Crippen LogP contribution is -2.50. The van der Waals surface area contributed by atoms with E-state index < -0.39 is 0 Å². The van der Waals surface area contributed by atoms with Gasteiger partial charge in [-0.15, -0.1) is 0 Å². The van der Waals surface area contributed by atoms with Gasteiger partial charge in [0.2, 0.25) is 5.91 Å². The molecule has 0 spiro atoms. The van der Waals surface area contributed by atoms with Crippen LogP contribution in [-0.4, -0.2) is 18.0 Å². The Balaban J connectivity index is 1.93. The number of hydrogen-bond acceptors (Lipinski definition) is 2. The third-order valence-electron chi connectivity index (χ3n) is 4.59. The minimum atomic E-state index is -0.0202. The highest BCUT2D eigenvalue weighted by Crippen LogP contribution is 2.40. The van der Waals surface area contributed by atoms with Crippen LogP contribution in [0.4, 0.5) is 0 Å². The highest BCUT2D eigenvalue weighted by Gasteiger charge is 2.40. The number of nitrogens with one attached hydrogen (secondary N) is 1. The molecule has 2 saturated carbocycles. The van der Waals surface area contributed by atoms with Gasteiger partial charge in [0.05, 0.1) is 0 Å². The van der Waals surface area contributed by atoms with Crippen molar-refractivity contribution in [2.75, 3.05) is 6.54 Å². The van der Waals surface area contributed by atoms with Crippen molar-refractivity contribution >= 4 is 5.91 Å². The van der Waals surface area contributed by atoms with Gasteiger partial charge in [0.15, 0.2) is 0 Å². The lowest BCUT2D eigenvalue weighted by Gasteiger charge is -2.34. The van der Waals surface area contributed by atoms with Crippen LogP contribution in [0.25, 0.3) is 0 Å². The van der Waals surface area contributed by atoms with Gasteiger partial charge in [-0.1, -0.05) is 12.8 Å². The van der Waals surface area contributed by atoms with E-state index in [0.29, 0.717) is 18.4 Å². The van der Waals surface area contributed by atoms with Crippen LogP contribution >= 0.6 is 0 Å². The predicted octanol–water partition coefficient (Wildman–Crippen LogP) is 2.06. The van der Waals surface area contributed by atoms with E-state index in [9.17, 15) is 4.79 Å². The fourth-order valence-corrected chi connectivity index (χ4v) is 3.15. The Bertz CT molecular complexity index is 284. The Morgan fingerprint density at radius 1 is 1.24 bits per heavy atom. The molecule has 3 N–H and O–H groups in total. The zero-order chi connectivity index (χ0) is 12.5. The molecule has 0 aromatic carbocycles. The topological polar surface area (TPSA) is 55.1 Å². The maximum absolute atomic E-state index is 12.3. The number of carbonyl (C=O) groups excluding carboxylic acids is 1. The number of nitrogens with two attached hydrogens (primary N) is 1. The van der Waals surface area contributed by atoms with Gasteiger partial charge in [0, 0.05) is 11.5 Å². The van der Waals surface area contributed by atoms with E-state index in [1.54, 1.807) is 0 Å². The Morgan fingerprint density at radius 2 is 1.88 bits per heavy atom. The molecule has 3 nitrogen and oxygen atoms in total. The second kappa shape index (κ2) is 4.97. The molecule has 2 fully saturated rings. The first-order valence-corrected chi connectivity index (χ1v) is 7.06. The zero-order valence-corrected chi connectivity index (χ0v) is 11.2. The molecule has 2 rings (SSSR count). The number of amides is 1. The van der Waals surface area contributed by atoms with E-state index in [-0.39, 0.29) is 17.4 Å². The van der Waals surface area contributed by atoms with Crippen LogP contribution in [-0.2, 0) is 4.79 Å². The van der Waals surface area contributed by atoms with Gasteiger partial charge in [-0.3, -0.25) is 4.79 Å². The SMILES string of the molecule is CC(C)(NC(=O)C1CCCCC1CN)C1CC1. The van der Waals surface area contributed by atoms with Crippen LogP contribution in [0.15, 0.2) is 0 Å². The summed E-state index contributed by atoms with van der Waals surface area (Å²) in [6.07, 6.45) is 7.08. The zero-order valence-electron chi connectivity index (χ0n) is 11.2. The quantitative estimate of drug-likeness (QED) is 0.787. The summed E-state index contributed by atoms with van der Waals surface area (Å²) in [4.78, 5) is 12.3. The van der Waals surface area contributed by atoms with Gasteiger partial charge in [-0.25, -0.2) is 0 Å². The molecule has 3 heteroatoms. The Kier molecular flexibility index (Phi) is 3.76. The molecule has 2 aliphatic rings. The van der Waals surface area contributed by atoms with Gasteiger partial charge < -0.3 is 11.1 Å².